The maximum Gasteiger partial charge on any atom is 0.319 e. The summed E-state index contributed by atoms with van der Waals surface area (Å²) in [6, 6.07) is 4.10. The van der Waals surface area contributed by atoms with Crippen molar-refractivity contribution in [2.45, 2.75) is 13.1 Å². The Kier molecular flexibility index (Phi) is 3.90. The minimum absolute atomic E-state index is 0.127. The second-order valence-electron chi connectivity index (χ2n) is 3.51. The zero-order valence-electron chi connectivity index (χ0n) is 9.08. The van der Waals surface area contributed by atoms with Crippen molar-refractivity contribution in [2.75, 3.05) is 5.32 Å². The SMILES string of the molecule is Fc1ccc(NCc2nccn2C(F)F)c(Br)c1. The summed E-state index contributed by atoms with van der Waals surface area (Å²) in [6.45, 7) is -2.50. The molecule has 3 nitrogen and oxygen atoms in total. The number of imidazole rings is 1. The third-order valence-corrected chi connectivity index (χ3v) is 2.98. The van der Waals surface area contributed by atoms with Crippen molar-refractivity contribution in [2.24, 2.45) is 0 Å². The first-order chi connectivity index (χ1) is 8.58. The molecule has 0 saturated carbocycles. The Morgan fingerprint density at radius 3 is 2.83 bits per heavy atom. The molecule has 1 heterocycles. The second-order valence-corrected chi connectivity index (χ2v) is 4.36. The Hall–Kier alpha value is -1.50. The summed E-state index contributed by atoms with van der Waals surface area (Å²) in [7, 11) is 0. The van der Waals surface area contributed by atoms with E-state index in [4.69, 9.17) is 0 Å². The number of hydrogen-bond acceptors (Lipinski definition) is 2. The fourth-order valence-electron chi connectivity index (χ4n) is 1.47. The van der Waals surface area contributed by atoms with E-state index in [9.17, 15) is 13.2 Å². The highest BCUT2D eigenvalue weighted by atomic mass is 79.9. The Bertz CT molecular complexity index is 542. The average Bonchev–Trinajstić information content (AvgIpc) is 2.76. The van der Waals surface area contributed by atoms with E-state index in [1.807, 2.05) is 0 Å². The van der Waals surface area contributed by atoms with Gasteiger partial charge in [-0.15, -0.1) is 0 Å². The first kappa shape index (κ1) is 12.9. The number of nitrogens with zero attached hydrogens (tertiary/aromatic N) is 2. The van der Waals surface area contributed by atoms with Crippen molar-refractivity contribution in [3.8, 4) is 0 Å². The third-order valence-electron chi connectivity index (χ3n) is 2.33. The van der Waals surface area contributed by atoms with E-state index in [1.165, 1.54) is 30.6 Å². The molecule has 1 aromatic carbocycles. The molecular weight excluding hydrogens is 311 g/mol. The lowest BCUT2D eigenvalue weighted by Crippen LogP contribution is -2.09. The fourth-order valence-corrected chi connectivity index (χ4v) is 1.96. The predicted octanol–water partition coefficient (Wildman–Crippen LogP) is 3.79. The van der Waals surface area contributed by atoms with Crippen LogP contribution in [0.25, 0.3) is 0 Å². The van der Waals surface area contributed by atoms with E-state index in [-0.39, 0.29) is 18.2 Å². The largest absolute Gasteiger partial charge is 0.377 e. The lowest BCUT2D eigenvalue weighted by atomic mass is 10.3. The Balaban J connectivity index is 2.09. The number of halogens is 4. The molecule has 0 aliphatic rings. The molecule has 0 radical (unpaired) electrons. The molecule has 1 aromatic heterocycles. The van der Waals surface area contributed by atoms with E-state index in [1.54, 1.807) is 0 Å². The van der Waals surface area contributed by atoms with Gasteiger partial charge < -0.3 is 5.32 Å². The normalized spacial score (nSPS) is 10.9. The van der Waals surface area contributed by atoms with Crippen LogP contribution in [0.3, 0.4) is 0 Å². The van der Waals surface area contributed by atoms with Gasteiger partial charge in [0.25, 0.3) is 0 Å². The summed E-state index contributed by atoms with van der Waals surface area (Å²) >= 11 is 3.18. The molecule has 1 N–H and O–H groups in total. The van der Waals surface area contributed by atoms with Crippen LogP contribution in [0.5, 0.6) is 0 Å². The number of nitrogens with one attached hydrogen (secondary N) is 1. The van der Waals surface area contributed by atoms with E-state index in [0.717, 1.165) is 4.57 Å². The van der Waals surface area contributed by atoms with E-state index in [2.05, 4.69) is 26.2 Å². The molecule has 0 saturated heterocycles. The summed E-state index contributed by atoms with van der Waals surface area (Å²) in [5.74, 6) is -0.164. The summed E-state index contributed by atoms with van der Waals surface area (Å²) in [6.07, 6.45) is 2.52. The highest BCUT2D eigenvalue weighted by Crippen LogP contribution is 2.23. The molecule has 0 bridgehead atoms. The molecule has 0 fully saturated rings. The van der Waals surface area contributed by atoms with Gasteiger partial charge in [0.15, 0.2) is 0 Å². The van der Waals surface area contributed by atoms with Gasteiger partial charge in [-0.2, -0.15) is 8.78 Å². The van der Waals surface area contributed by atoms with Crippen LogP contribution >= 0.6 is 15.9 Å². The van der Waals surface area contributed by atoms with Crippen LogP contribution in [0.15, 0.2) is 35.1 Å². The molecule has 0 spiro atoms. The maximum absolute atomic E-state index is 12.9. The van der Waals surface area contributed by atoms with Gasteiger partial charge in [0.05, 0.1) is 6.54 Å². The fraction of sp³-hybridized carbons (Fsp3) is 0.182. The first-order valence-electron chi connectivity index (χ1n) is 5.06. The smallest absolute Gasteiger partial charge is 0.319 e. The zero-order valence-corrected chi connectivity index (χ0v) is 10.7. The van der Waals surface area contributed by atoms with Crippen LogP contribution in [-0.4, -0.2) is 9.55 Å². The van der Waals surface area contributed by atoms with Crippen LogP contribution in [0.4, 0.5) is 18.9 Å². The predicted molar refractivity (Wildman–Crippen MR) is 64.9 cm³/mol. The van der Waals surface area contributed by atoms with Crippen LogP contribution in [0.2, 0.25) is 0 Å². The van der Waals surface area contributed by atoms with Crippen molar-refractivity contribution in [3.05, 3.63) is 46.7 Å². The van der Waals surface area contributed by atoms with Gasteiger partial charge in [-0.1, -0.05) is 0 Å². The summed E-state index contributed by atoms with van der Waals surface area (Å²) in [5, 5.41) is 2.91. The molecule has 2 aromatic rings. The number of alkyl halides is 2. The molecule has 2 rings (SSSR count). The van der Waals surface area contributed by atoms with Crippen LogP contribution in [0.1, 0.15) is 12.4 Å². The minimum atomic E-state index is -2.62. The third kappa shape index (κ3) is 2.84. The van der Waals surface area contributed by atoms with Crippen molar-refractivity contribution in [1.82, 2.24) is 9.55 Å². The van der Waals surface area contributed by atoms with E-state index >= 15 is 0 Å². The Morgan fingerprint density at radius 2 is 2.17 bits per heavy atom. The average molecular weight is 320 g/mol. The highest BCUT2D eigenvalue weighted by molar-refractivity contribution is 9.10. The molecule has 0 aliphatic heterocycles. The number of benzene rings is 1. The number of aromatic nitrogens is 2. The van der Waals surface area contributed by atoms with Gasteiger partial charge in [-0.3, -0.25) is 4.57 Å². The standard InChI is InChI=1S/C11H9BrF3N3/c12-8-5-7(13)1-2-9(8)17-6-10-16-3-4-18(10)11(14)15/h1-5,11,17H,6H2. The molecule has 0 amide bonds. The van der Waals surface area contributed by atoms with Crippen molar-refractivity contribution in [3.63, 3.8) is 0 Å². The number of rotatable bonds is 4. The molecule has 0 atom stereocenters. The van der Waals surface area contributed by atoms with Gasteiger partial charge in [-0.25, -0.2) is 9.37 Å². The minimum Gasteiger partial charge on any atom is -0.377 e. The van der Waals surface area contributed by atoms with Crippen LogP contribution < -0.4 is 5.32 Å². The lowest BCUT2D eigenvalue weighted by molar-refractivity contribution is 0.0673. The summed E-state index contributed by atoms with van der Waals surface area (Å²) in [5.41, 5.74) is 0.611. The number of hydrogen-bond donors (Lipinski definition) is 1. The molecule has 96 valence electrons. The monoisotopic (exact) mass is 319 g/mol. The van der Waals surface area contributed by atoms with Gasteiger partial charge in [-0.05, 0) is 34.1 Å². The van der Waals surface area contributed by atoms with Crippen molar-refractivity contribution < 1.29 is 13.2 Å². The Morgan fingerprint density at radius 1 is 1.39 bits per heavy atom. The van der Waals surface area contributed by atoms with Crippen molar-refractivity contribution in [1.29, 1.82) is 0 Å². The zero-order chi connectivity index (χ0) is 13.1. The molecular formula is C11H9BrF3N3. The second kappa shape index (κ2) is 5.43. The number of anilines is 1. The molecule has 0 unspecified atom stereocenters. The van der Waals surface area contributed by atoms with Gasteiger partial charge in [0.2, 0.25) is 0 Å². The van der Waals surface area contributed by atoms with Crippen molar-refractivity contribution >= 4 is 21.6 Å². The highest BCUT2D eigenvalue weighted by Gasteiger charge is 2.11. The van der Waals surface area contributed by atoms with Crippen LogP contribution in [-0.2, 0) is 6.54 Å². The molecule has 0 aliphatic carbocycles. The summed E-state index contributed by atoms with van der Waals surface area (Å²) in [4.78, 5) is 3.83. The quantitative estimate of drug-likeness (QED) is 0.929. The maximum atomic E-state index is 12.9. The van der Waals surface area contributed by atoms with E-state index in [0.29, 0.717) is 10.2 Å². The summed E-state index contributed by atoms with van der Waals surface area (Å²) < 4.78 is 39.3. The van der Waals surface area contributed by atoms with Gasteiger partial charge in [0, 0.05) is 22.6 Å². The van der Waals surface area contributed by atoms with Gasteiger partial charge in [0.1, 0.15) is 11.6 Å². The topological polar surface area (TPSA) is 29.9 Å². The molecule has 18 heavy (non-hydrogen) atoms. The van der Waals surface area contributed by atoms with E-state index < -0.39 is 6.55 Å². The molecule has 7 heteroatoms. The van der Waals surface area contributed by atoms with Gasteiger partial charge >= 0.3 is 6.55 Å². The van der Waals surface area contributed by atoms with Crippen LogP contribution in [0, 0.1) is 5.82 Å². The lowest BCUT2D eigenvalue weighted by Gasteiger charge is -2.10. The Labute approximate surface area is 110 Å². The first-order valence-corrected chi connectivity index (χ1v) is 5.86.